The van der Waals surface area contributed by atoms with Gasteiger partial charge in [0.2, 0.25) is 0 Å². The fourth-order valence-electron chi connectivity index (χ4n) is 8.05. The van der Waals surface area contributed by atoms with Crippen LogP contribution in [0, 0.1) is 0 Å². The summed E-state index contributed by atoms with van der Waals surface area (Å²) in [6.07, 6.45) is 2.10. The number of benzene rings is 6. The molecule has 3 aliphatic carbocycles. The summed E-state index contributed by atoms with van der Waals surface area (Å²) >= 11 is 0. The Morgan fingerprint density at radius 2 is 0.750 bits per heavy atom. The molecule has 0 fully saturated rings. The van der Waals surface area contributed by atoms with Gasteiger partial charge in [-0.05, 0) is 98.8 Å². The molecule has 6 aromatic rings. The maximum absolute atomic E-state index is 2.36. The molecule has 0 atom stereocenters. The highest BCUT2D eigenvalue weighted by Gasteiger charge is 2.49. The molecule has 3 aliphatic rings. The van der Waals surface area contributed by atoms with E-state index in [0.29, 0.717) is 0 Å². The first-order valence-electron chi connectivity index (χ1n) is 21.9. The molecule has 0 saturated carbocycles. The molecule has 56 heavy (non-hydrogen) atoms. The van der Waals surface area contributed by atoms with Gasteiger partial charge >= 0.3 is 0 Å². The van der Waals surface area contributed by atoms with Crippen LogP contribution < -0.4 is 0 Å². The fourth-order valence-corrected chi connectivity index (χ4v) is 8.05. The largest absolute Gasteiger partial charge is 0.302 e. The lowest BCUT2D eigenvalue weighted by Crippen LogP contribution is -2.34. The lowest BCUT2D eigenvalue weighted by atomic mass is 9.61. The van der Waals surface area contributed by atoms with Crippen molar-refractivity contribution >= 4 is 0 Å². The molecule has 1 spiro atoms. The monoisotopic (exact) mass is 748 g/mol. The summed E-state index contributed by atoms with van der Waals surface area (Å²) in [4.78, 5) is 2.36. The maximum Gasteiger partial charge on any atom is 0.0719 e. The van der Waals surface area contributed by atoms with E-state index < -0.39 is 0 Å². The van der Waals surface area contributed by atoms with Gasteiger partial charge in [-0.3, -0.25) is 0 Å². The third kappa shape index (κ3) is 9.45. The van der Waals surface area contributed by atoms with Crippen LogP contribution >= 0.6 is 0 Å². The van der Waals surface area contributed by atoms with Crippen molar-refractivity contribution in [2.24, 2.45) is 0 Å². The zero-order chi connectivity index (χ0) is 41.7. The smallest absolute Gasteiger partial charge is 0.0719 e. The van der Waals surface area contributed by atoms with E-state index in [1.807, 2.05) is 83.1 Å². The van der Waals surface area contributed by atoms with Crippen LogP contribution in [0.5, 0.6) is 0 Å². The molecule has 298 valence electrons. The van der Waals surface area contributed by atoms with Gasteiger partial charge in [-0.1, -0.05) is 230 Å². The first-order chi connectivity index (χ1) is 27.7. The summed E-state index contributed by atoms with van der Waals surface area (Å²) < 4.78 is 0. The number of fused-ring (bicyclic) bond motifs is 12. The van der Waals surface area contributed by atoms with Crippen molar-refractivity contribution in [3.63, 3.8) is 0 Å². The highest BCUT2D eigenvalue weighted by atomic mass is 15.1. The second kappa shape index (κ2) is 24.7. The Balaban J connectivity index is 0.000000317. The predicted octanol–water partition coefficient (Wildman–Crippen LogP) is 15.8. The summed E-state index contributed by atoms with van der Waals surface area (Å²) in [5, 5.41) is 0. The van der Waals surface area contributed by atoms with Gasteiger partial charge in [0.1, 0.15) is 0 Å². The molecule has 0 N–H and O–H groups in total. The highest BCUT2D eigenvalue weighted by molar-refractivity contribution is 5.87. The van der Waals surface area contributed by atoms with Crippen LogP contribution in [0.4, 0.5) is 0 Å². The molecule has 9 rings (SSSR count). The van der Waals surface area contributed by atoms with Gasteiger partial charge in [-0.25, -0.2) is 0 Å². The van der Waals surface area contributed by atoms with Crippen LogP contribution in [0.2, 0.25) is 0 Å². The molecule has 0 amide bonds. The highest BCUT2D eigenvalue weighted by Crippen LogP contribution is 2.59. The van der Waals surface area contributed by atoms with Crippen molar-refractivity contribution in [3.8, 4) is 22.3 Å². The Kier molecular flexibility index (Phi) is 20.9. The Bertz CT molecular complexity index is 1920. The molecule has 0 unspecified atom stereocenters. The van der Waals surface area contributed by atoms with Crippen LogP contribution in [0.1, 0.15) is 140 Å². The van der Waals surface area contributed by atoms with Crippen LogP contribution in [-0.4, -0.2) is 18.5 Å². The van der Waals surface area contributed by atoms with Gasteiger partial charge in [-0.15, -0.1) is 0 Å². The van der Waals surface area contributed by atoms with Gasteiger partial charge in [0.25, 0.3) is 0 Å². The molecule has 0 aromatic heterocycles. The summed E-state index contributed by atoms with van der Waals surface area (Å²) in [5.41, 5.74) is 18.5. The first kappa shape index (κ1) is 47.4. The number of nitrogens with zero attached hydrogens (tertiary/aromatic N) is 1. The summed E-state index contributed by atoms with van der Waals surface area (Å²) in [6.45, 7) is 28.3. The van der Waals surface area contributed by atoms with E-state index in [2.05, 4.69) is 158 Å². The van der Waals surface area contributed by atoms with Crippen molar-refractivity contribution in [3.05, 3.63) is 190 Å². The molecule has 0 saturated heterocycles. The Morgan fingerprint density at radius 1 is 0.393 bits per heavy atom. The van der Waals surface area contributed by atoms with Crippen LogP contribution in [0.25, 0.3) is 22.3 Å². The number of hydrogen-bond acceptors (Lipinski definition) is 1. The van der Waals surface area contributed by atoms with Gasteiger partial charge < -0.3 is 4.90 Å². The minimum absolute atomic E-state index is 0.196. The average molecular weight is 748 g/mol. The minimum atomic E-state index is -0.196. The second-order valence-corrected chi connectivity index (χ2v) is 12.4. The molecule has 1 heteroatoms. The van der Waals surface area contributed by atoms with E-state index in [9.17, 15) is 0 Å². The predicted molar refractivity (Wildman–Crippen MR) is 251 cm³/mol. The molecule has 0 aliphatic heterocycles. The zero-order valence-corrected chi connectivity index (χ0v) is 37.6. The Hall–Kier alpha value is -4.72. The SMILES string of the molecule is CC.CC.CC.CC.CC.CC.CCN(C)Cc1cccc2c1-c1ccccc1C2.c1ccc2c(c1)Cc1ccccc1C21c2ccccc2-c2ccccc21. The fraction of sp³-hybridized carbons (Fsp3) is 0.345. The second-order valence-electron chi connectivity index (χ2n) is 12.4. The quantitative estimate of drug-likeness (QED) is 0.174. The van der Waals surface area contributed by atoms with Crippen molar-refractivity contribution in [2.75, 3.05) is 13.6 Å². The van der Waals surface area contributed by atoms with E-state index in [-0.39, 0.29) is 5.41 Å². The van der Waals surface area contributed by atoms with Crippen LogP contribution in [-0.2, 0) is 24.8 Å². The third-order valence-corrected chi connectivity index (χ3v) is 10.1. The van der Waals surface area contributed by atoms with Crippen molar-refractivity contribution in [1.82, 2.24) is 4.90 Å². The topological polar surface area (TPSA) is 3.24 Å². The first-order valence-corrected chi connectivity index (χ1v) is 21.9. The number of rotatable bonds is 3. The van der Waals surface area contributed by atoms with E-state index in [1.54, 1.807) is 0 Å². The van der Waals surface area contributed by atoms with E-state index >= 15 is 0 Å². The maximum atomic E-state index is 2.36. The minimum Gasteiger partial charge on any atom is -0.302 e. The van der Waals surface area contributed by atoms with Gasteiger partial charge in [-0.2, -0.15) is 0 Å². The van der Waals surface area contributed by atoms with Gasteiger partial charge in [0, 0.05) is 6.54 Å². The van der Waals surface area contributed by atoms with E-state index in [1.165, 1.54) is 72.3 Å². The van der Waals surface area contributed by atoms with Crippen molar-refractivity contribution < 1.29 is 0 Å². The molecule has 0 heterocycles. The average Bonchev–Trinajstić information content (AvgIpc) is 3.83. The molecular formula is C55H73N. The van der Waals surface area contributed by atoms with Gasteiger partial charge in [0.15, 0.2) is 0 Å². The molecule has 1 nitrogen and oxygen atoms in total. The lowest BCUT2D eigenvalue weighted by Gasteiger charge is -2.40. The number of hydrogen-bond donors (Lipinski definition) is 0. The Labute approximate surface area is 343 Å². The molecule has 6 aromatic carbocycles. The Morgan fingerprint density at radius 3 is 1.21 bits per heavy atom. The molecule has 0 bridgehead atoms. The van der Waals surface area contributed by atoms with Gasteiger partial charge in [0.05, 0.1) is 5.41 Å². The van der Waals surface area contributed by atoms with E-state index in [4.69, 9.17) is 0 Å². The summed E-state index contributed by atoms with van der Waals surface area (Å²) in [5.74, 6) is 0. The summed E-state index contributed by atoms with van der Waals surface area (Å²) in [6, 6.07) is 51.5. The van der Waals surface area contributed by atoms with E-state index in [0.717, 1.165) is 25.9 Å². The van der Waals surface area contributed by atoms with Crippen LogP contribution in [0.15, 0.2) is 140 Å². The lowest BCUT2D eigenvalue weighted by molar-refractivity contribution is 0.346. The van der Waals surface area contributed by atoms with Crippen LogP contribution in [0.3, 0.4) is 0 Å². The van der Waals surface area contributed by atoms with Crippen molar-refractivity contribution in [1.29, 1.82) is 0 Å². The third-order valence-electron chi connectivity index (χ3n) is 10.1. The summed E-state index contributed by atoms with van der Waals surface area (Å²) in [7, 11) is 2.18. The zero-order valence-electron chi connectivity index (χ0n) is 37.6. The standard InChI is InChI=1S/C26H18.C17H19N.6C2H6/c1-5-13-22-18(9-1)17-19-10-2-6-14-23(19)26(22)24-15-7-3-11-20(24)21-12-4-8-16-25(21)26;1-3-18(2)12-15-9-6-8-14-11-13-7-4-5-10-16(13)17(14)15;6*1-2/h1-16H,17H2;4-10H,3,11-12H2,1-2H3;6*1-2H3. The molecule has 0 radical (unpaired) electrons. The molecular weight excluding hydrogens is 675 g/mol. The van der Waals surface area contributed by atoms with Crippen molar-refractivity contribution in [2.45, 2.75) is 115 Å². The normalized spacial score (nSPS) is 11.7.